The Balaban J connectivity index is 1.63. The molecule has 1 aliphatic rings. The predicted octanol–water partition coefficient (Wildman–Crippen LogP) is 2.60. The van der Waals surface area contributed by atoms with Gasteiger partial charge in [-0.2, -0.15) is 0 Å². The zero-order valence-electron chi connectivity index (χ0n) is 12.5. The Morgan fingerprint density at radius 3 is 2.80 bits per heavy atom. The molecule has 2 rings (SSSR count). The molecule has 1 amide bonds. The smallest absolute Gasteiger partial charge is 0.221 e. The number of fused-ring (bicyclic) bond motifs is 1. The van der Waals surface area contributed by atoms with Gasteiger partial charge in [0.05, 0.1) is 0 Å². The van der Waals surface area contributed by atoms with Crippen LogP contribution in [0, 0.1) is 0 Å². The molecule has 0 spiro atoms. The number of carbonyl (C=O) groups is 1. The third-order valence-electron chi connectivity index (χ3n) is 3.13. The molecule has 2 N–H and O–H groups in total. The molecule has 1 aliphatic heterocycles. The van der Waals surface area contributed by atoms with Crippen LogP contribution >= 0.6 is 11.8 Å². The lowest BCUT2D eigenvalue weighted by Gasteiger charge is -2.20. The van der Waals surface area contributed by atoms with Crippen LogP contribution in [0.5, 0.6) is 0 Å². The first kappa shape index (κ1) is 15.4. The van der Waals surface area contributed by atoms with Gasteiger partial charge in [-0.3, -0.25) is 4.79 Å². The lowest BCUT2D eigenvalue weighted by atomic mass is 10.1. The summed E-state index contributed by atoms with van der Waals surface area (Å²) in [6.07, 6.45) is 1.67. The molecule has 0 fully saturated rings. The Bertz CT molecular complexity index is 443. The van der Waals surface area contributed by atoms with Gasteiger partial charge < -0.3 is 10.6 Å². The minimum atomic E-state index is -0.139. The molecule has 0 radical (unpaired) electrons. The van der Waals surface area contributed by atoms with Gasteiger partial charge in [-0.1, -0.05) is 18.2 Å². The highest BCUT2D eigenvalue weighted by Gasteiger charge is 2.21. The molecule has 1 aromatic rings. The fourth-order valence-electron chi connectivity index (χ4n) is 2.31. The molecule has 0 aliphatic carbocycles. The van der Waals surface area contributed by atoms with Gasteiger partial charge in [0, 0.05) is 35.2 Å². The molecular weight excluding hydrogens is 268 g/mol. The molecule has 1 atom stereocenters. The van der Waals surface area contributed by atoms with Crippen LogP contribution in [-0.2, 0) is 11.2 Å². The second-order valence-electron chi connectivity index (χ2n) is 6.30. The van der Waals surface area contributed by atoms with Crippen LogP contribution in [0.25, 0.3) is 0 Å². The van der Waals surface area contributed by atoms with Crippen molar-refractivity contribution in [3.63, 3.8) is 0 Å². The third-order valence-corrected chi connectivity index (χ3v) is 4.45. The highest BCUT2D eigenvalue weighted by molar-refractivity contribution is 8.00. The Labute approximate surface area is 125 Å². The molecule has 1 heterocycles. The van der Waals surface area contributed by atoms with Crippen LogP contribution in [0.4, 0.5) is 0 Å². The van der Waals surface area contributed by atoms with Gasteiger partial charge in [0.25, 0.3) is 0 Å². The quantitative estimate of drug-likeness (QED) is 0.820. The first-order valence-electron chi connectivity index (χ1n) is 7.20. The summed E-state index contributed by atoms with van der Waals surface area (Å²) in [7, 11) is 0. The fourth-order valence-corrected chi connectivity index (χ4v) is 3.60. The number of benzene rings is 1. The van der Waals surface area contributed by atoms with Gasteiger partial charge in [0.15, 0.2) is 0 Å². The molecule has 0 aromatic heterocycles. The molecular formula is C16H24N2OS. The lowest BCUT2D eigenvalue weighted by molar-refractivity contribution is -0.122. The third kappa shape index (κ3) is 4.84. The van der Waals surface area contributed by atoms with Crippen LogP contribution in [0.2, 0.25) is 0 Å². The number of amides is 1. The van der Waals surface area contributed by atoms with Gasteiger partial charge >= 0.3 is 0 Å². The van der Waals surface area contributed by atoms with Crippen LogP contribution < -0.4 is 10.6 Å². The summed E-state index contributed by atoms with van der Waals surface area (Å²) in [6, 6.07) is 8.60. The number of hydrogen-bond donors (Lipinski definition) is 2. The van der Waals surface area contributed by atoms with Crippen molar-refractivity contribution in [2.75, 3.05) is 13.1 Å². The van der Waals surface area contributed by atoms with Crippen LogP contribution in [0.1, 0.15) is 32.8 Å². The zero-order chi connectivity index (χ0) is 14.6. The second kappa shape index (κ2) is 6.64. The van der Waals surface area contributed by atoms with Crippen molar-refractivity contribution >= 4 is 17.7 Å². The van der Waals surface area contributed by atoms with Crippen molar-refractivity contribution in [3.8, 4) is 0 Å². The normalized spacial score (nSPS) is 17.9. The minimum Gasteiger partial charge on any atom is -0.351 e. The fraction of sp³-hybridized carbons (Fsp3) is 0.562. The van der Waals surface area contributed by atoms with E-state index in [1.165, 1.54) is 10.5 Å². The number of nitrogens with one attached hydrogen (secondary N) is 2. The summed E-state index contributed by atoms with van der Waals surface area (Å²) in [5.41, 5.74) is 1.31. The first-order valence-corrected chi connectivity index (χ1v) is 8.08. The van der Waals surface area contributed by atoms with E-state index in [0.29, 0.717) is 11.7 Å². The monoisotopic (exact) mass is 292 g/mol. The predicted molar refractivity (Wildman–Crippen MR) is 85.2 cm³/mol. The molecule has 0 saturated heterocycles. The molecule has 0 saturated carbocycles. The number of thioether (sulfide) groups is 1. The second-order valence-corrected chi connectivity index (χ2v) is 7.65. The van der Waals surface area contributed by atoms with Crippen LogP contribution in [0.15, 0.2) is 29.2 Å². The highest BCUT2D eigenvalue weighted by Crippen LogP contribution is 2.36. The Morgan fingerprint density at radius 1 is 1.35 bits per heavy atom. The molecule has 1 aromatic carbocycles. The summed E-state index contributed by atoms with van der Waals surface area (Å²) in [5, 5.41) is 6.97. The van der Waals surface area contributed by atoms with E-state index in [1.54, 1.807) is 0 Å². The molecule has 1 unspecified atom stereocenters. The van der Waals surface area contributed by atoms with E-state index < -0.39 is 0 Å². The Kier molecular flexibility index (Phi) is 5.11. The molecule has 110 valence electrons. The molecule has 20 heavy (non-hydrogen) atoms. The van der Waals surface area contributed by atoms with E-state index in [1.807, 2.05) is 32.5 Å². The summed E-state index contributed by atoms with van der Waals surface area (Å²) >= 11 is 1.94. The molecule has 4 heteroatoms. The maximum Gasteiger partial charge on any atom is 0.221 e. The van der Waals surface area contributed by atoms with Crippen LogP contribution in [0.3, 0.4) is 0 Å². The zero-order valence-corrected chi connectivity index (χ0v) is 13.3. The first-order chi connectivity index (χ1) is 9.44. The van der Waals surface area contributed by atoms with Crippen molar-refractivity contribution in [2.24, 2.45) is 0 Å². The summed E-state index contributed by atoms with van der Waals surface area (Å²) in [5.74, 6) is 0.118. The van der Waals surface area contributed by atoms with Gasteiger partial charge in [0.2, 0.25) is 5.91 Å². The Hall–Kier alpha value is -1.00. The van der Waals surface area contributed by atoms with Crippen molar-refractivity contribution in [1.82, 2.24) is 10.6 Å². The van der Waals surface area contributed by atoms with Crippen LogP contribution in [-0.4, -0.2) is 29.8 Å². The largest absolute Gasteiger partial charge is 0.351 e. The number of hydrogen-bond acceptors (Lipinski definition) is 3. The summed E-state index contributed by atoms with van der Waals surface area (Å²) in [6.45, 7) is 7.72. The standard InChI is InChI=1S/C16H24N2OS/c1-16(2,3)18-15(19)8-9-17-11-13-10-12-6-4-5-7-14(12)20-13/h4-7,13,17H,8-11H2,1-3H3,(H,18,19). The SMILES string of the molecule is CC(C)(C)NC(=O)CCNCC1Cc2ccccc2S1. The molecule has 0 bridgehead atoms. The van der Waals surface area contributed by atoms with E-state index >= 15 is 0 Å². The highest BCUT2D eigenvalue weighted by atomic mass is 32.2. The average Bonchev–Trinajstić information content (AvgIpc) is 2.75. The van der Waals surface area contributed by atoms with E-state index in [-0.39, 0.29) is 11.4 Å². The Morgan fingerprint density at radius 2 is 2.10 bits per heavy atom. The van der Waals surface area contributed by atoms with Crippen molar-refractivity contribution in [3.05, 3.63) is 29.8 Å². The maximum absolute atomic E-state index is 11.7. The summed E-state index contributed by atoms with van der Waals surface area (Å²) < 4.78 is 0. The average molecular weight is 292 g/mol. The van der Waals surface area contributed by atoms with Crippen molar-refractivity contribution < 1.29 is 4.79 Å². The van der Waals surface area contributed by atoms with Gasteiger partial charge in [-0.15, -0.1) is 11.8 Å². The van der Waals surface area contributed by atoms with Gasteiger partial charge in [-0.25, -0.2) is 0 Å². The van der Waals surface area contributed by atoms with E-state index in [0.717, 1.165) is 19.5 Å². The summed E-state index contributed by atoms with van der Waals surface area (Å²) in [4.78, 5) is 13.1. The van der Waals surface area contributed by atoms with E-state index in [2.05, 4.69) is 34.9 Å². The topological polar surface area (TPSA) is 41.1 Å². The van der Waals surface area contributed by atoms with Crippen molar-refractivity contribution in [1.29, 1.82) is 0 Å². The lowest BCUT2D eigenvalue weighted by Crippen LogP contribution is -2.41. The minimum absolute atomic E-state index is 0.118. The molecule has 3 nitrogen and oxygen atoms in total. The maximum atomic E-state index is 11.7. The van der Waals surface area contributed by atoms with Crippen molar-refractivity contribution in [2.45, 2.75) is 49.3 Å². The van der Waals surface area contributed by atoms with Gasteiger partial charge in [-0.05, 0) is 38.8 Å². The van der Waals surface area contributed by atoms with Gasteiger partial charge in [0.1, 0.15) is 0 Å². The number of carbonyl (C=O) groups excluding carboxylic acids is 1. The van der Waals surface area contributed by atoms with E-state index in [9.17, 15) is 4.79 Å². The van der Waals surface area contributed by atoms with E-state index in [4.69, 9.17) is 0 Å². The number of rotatable bonds is 5.